The van der Waals surface area contributed by atoms with Crippen molar-refractivity contribution in [2.45, 2.75) is 65.4 Å². The minimum Gasteiger partial charge on any atom is -0.443 e. The summed E-state index contributed by atoms with van der Waals surface area (Å²) in [6.07, 6.45) is 5.61. The fraction of sp³-hybridized carbons (Fsp3) is 0.536. The molecule has 3 aliphatic rings. The Hall–Kier alpha value is -2.69. The van der Waals surface area contributed by atoms with E-state index in [-0.39, 0.29) is 11.5 Å². The van der Waals surface area contributed by atoms with Gasteiger partial charge in [-0.15, -0.1) is 0 Å². The highest BCUT2D eigenvalue weighted by molar-refractivity contribution is 5.85. The second-order valence-electron chi connectivity index (χ2n) is 11.3. The van der Waals surface area contributed by atoms with Crippen LogP contribution in [0, 0.1) is 28.6 Å². The number of benzene rings is 2. The fourth-order valence-electron chi connectivity index (χ4n) is 7.56. The molecule has 5 heteroatoms. The number of rotatable bonds is 4. The minimum atomic E-state index is -0.424. The first kappa shape index (κ1) is 22.1. The van der Waals surface area contributed by atoms with E-state index in [0.717, 1.165) is 29.6 Å². The monoisotopic (exact) mass is 445 g/mol. The number of amides is 1. The van der Waals surface area contributed by atoms with Crippen LogP contribution < -0.4 is 5.32 Å². The Labute approximate surface area is 197 Å². The minimum absolute atomic E-state index is 0.196. The first-order valence-electron chi connectivity index (χ1n) is 12.3. The van der Waals surface area contributed by atoms with Crippen LogP contribution in [-0.4, -0.2) is 11.7 Å². The number of hydrogen-bond acceptors (Lipinski definition) is 4. The molecule has 0 radical (unpaired) electrons. The topological polar surface area (TPSA) is 63.0 Å². The normalized spacial score (nSPS) is 34.2. The number of carbonyl (C=O) groups is 1. The Morgan fingerprint density at radius 2 is 1.58 bits per heavy atom. The van der Waals surface area contributed by atoms with E-state index in [0.29, 0.717) is 17.0 Å². The molecule has 3 aliphatic carbocycles. The van der Waals surface area contributed by atoms with Gasteiger partial charge < -0.3 is 4.74 Å². The Bertz CT molecular complexity index is 1050. The maximum Gasteiger partial charge on any atom is 0.412 e. The van der Waals surface area contributed by atoms with Crippen molar-refractivity contribution in [3.05, 3.63) is 54.6 Å². The Kier molecular flexibility index (Phi) is 5.34. The van der Waals surface area contributed by atoms with Gasteiger partial charge in [0.05, 0.1) is 11.4 Å². The van der Waals surface area contributed by atoms with Crippen LogP contribution >= 0.6 is 0 Å². The van der Waals surface area contributed by atoms with Crippen LogP contribution in [-0.2, 0) is 4.74 Å². The van der Waals surface area contributed by atoms with Crippen molar-refractivity contribution in [3.63, 3.8) is 0 Å². The third-order valence-electron chi connectivity index (χ3n) is 9.24. The molecule has 0 saturated heterocycles. The van der Waals surface area contributed by atoms with Crippen molar-refractivity contribution >= 4 is 23.2 Å². The molecule has 5 atom stereocenters. The summed E-state index contributed by atoms with van der Waals surface area (Å²) in [5.74, 6) is 1.93. The molecule has 2 aromatic carbocycles. The number of nitrogens with zero attached hydrogens (tertiary/aromatic N) is 2. The van der Waals surface area contributed by atoms with Crippen molar-refractivity contribution in [3.8, 4) is 0 Å². The summed E-state index contributed by atoms with van der Waals surface area (Å²) in [6, 6.07) is 17.0. The molecular weight excluding hydrogens is 410 g/mol. The maximum atomic E-state index is 12.9. The summed E-state index contributed by atoms with van der Waals surface area (Å²) in [5.41, 5.74) is 2.46. The van der Waals surface area contributed by atoms with Gasteiger partial charge in [-0.2, -0.15) is 10.2 Å². The molecule has 1 spiro atoms. The van der Waals surface area contributed by atoms with Gasteiger partial charge in [-0.25, -0.2) is 4.79 Å². The maximum absolute atomic E-state index is 12.9. The van der Waals surface area contributed by atoms with Crippen LogP contribution in [0.25, 0.3) is 0 Å². The number of azo groups is 1. The third-order valence-corrected chi connectivity index (χ3v) is 9.24. The molecule has 5 nitrogen and oxygen atoms in total. The fourth-order valence-corrected chi connectivity index (χ4v) is 7.56. The van der Waals surface area contributed by atoms with E-state index in [1.807, 2.05) is 54.6 Å². The van der Waals surface area contributed by atoms with E-state index in [1.165, 1.54) is 25.7 Å². The summed E-state index contributed by atoms with van der Waals surface area (Å²) < 4.78 is 6.19. The summed E-state index contributed by atoms with van der Waals surface area (Å²) in [4.78, 5) is 12.9. The largest absolute Gasteiger partial charge is 0.443 e. The number of ether oxygens (including phenoxy) is 1. The molecule has 5 unspecified atom stereocenters. The highest BCUT2D eigenvalue weighted by atomic mass is 16.6. The van der Waals surface area contributed by atoms with Gasteiger partial charge in [-0.3, -0.25) is 5.32 Å². The first-order valence-corrected chi connectivity index (χ1v) is 12.3. The van der Waals surface area contributed by atoms with Gasteiger partial charge in [0.1, 0.15) is 5.60 Å². The molecule has 5 rings (SSSR count). The molecule has 33 heavy (non-hydrogen) atoms. The summed E-state index contributed by atoms with van der Waals surface area (Å²) >= 11 is 0. The van der Waals surface area contributed by atoms with Crippen molar-refractivity contribution < 1.29 is 9.53 Å². The molecule has 2 aromatic rings. The van der Waals surface area contributed by atoms with Gasteiger partial charge in [0.2, 0.25) is 0 Å². The molecule has 1 N–H and O–H groups in total. The summed E-state index contributed by atoms with van der Waals surface area (Å²) in [7, 11) is 0. The average molecular weight is 446 g/mol. The van der Waals surface area contributed by atoms with Gasteiger partial charge in [0.15, 0.2) is 0 Å². The lowest BCUT2D eigenvalue weighted by Gasteiger charge is -2.46. The lowest BCUT2D eigenvalue weighted by Crippen LogP contribution is -2.48. The van der Waals surface area contributed by atoms with E-state index in [2.05, 4.69) is 43.2 Å². The molecule has 0 heterocycles. The predicted molar refractivity (Wildman–Crippen MR) is 131 cm³/mol. The molecule has 3 fully saturated rings. The number of hydrogen-bond donors (Lipinski definition) is 1. The Balaban J connectivity index is 1.24. The standard InChI is InChI=1S/C28H35N3O2/c1-19-10-15-23-26(2,3)24-18-28(19,23)17-16-27(24,4)33-25(32)29-20-11-13-22(14-12-20)31-30-21-8-6-5-7-9-21/h5-9,11-14,19,23-24H,10,15-18H2,1-4H3,(H,29,32). The first-order chi connectivity index (χ1) is 15.7. The van der Waals surface area contributed by atoms with Gasteiger partial charge in [-0.05, 0) is 98.1 Å². The Morgan fingerprint density at radius 1 is 0.909 bits per heavy atom. The molecule has 3 saturated carbocycles. The smallest absolute Gasteiger partial charge is 0.412 e. The van der Waals surface area contributed by atoms with E-state index < -0.39 is 5.60 Å². The van der Waals surface area contributed by atoms with Crippen LogP contribution in [0.2, 0.25) is 0 Å². The molecule has 1 amide bonds. The average Bonchev–Trinajstić information content (AvgIpc) is 3.22. The van der Waals surface area contributed by atoms with E-state index in [1.54, 1.807) is 0 Å². The SMILES string of the molecule is CC1CCC2C(C)(C)C3CC12CCC3(C)OC(=O)Nc1ccc(N=Nc2ccccc2)cc1. The van der Waals surface area contributed by atoms with Gasteiger partial charge in [0.25, 0.3) is 0 Å². The second kappa shape index (κ2) is 7.96. The Morgan fingerprint density at radius 3 is 2.27 bits per heavy atom. The number of carbonyl (C=O) groups excluding carboxylic acids is 1. The van der Waals surface area contributed by atoms with E-state index >= 15 is 0 Å². The van der Waals surface area contributed by atoms with Crippen LogP contribution in [0.3, 0.4) is 0 Å². The van der Waals surface area contributed by atoms with Gasteiger partial charge in [0, 0.05) is 11.6 Å². The molecule has 174 valence electrons. The zero-order valence-corrected chi connectivity index (χ0v) is 20.2. The van der Waals surface area contributed by atoms with Crippen molar-refractivity contribution in [2.75, 3.05) is 5.32 Å². The van der Waals surface area contributed by atoms with Gasteiger partial charge >= 0.3 is 6.09 Å². The van der Waals surface area contributed by atoms with Crippen molar-refractivity contribution in [1.82, 2.24) is 0 Å². The van der Waals surface area contributed by atoms with Crippen molar-refractivity contribution in [2.24, 2.45) is 38.8 Å². The second-order valence-corrected chi connectivity index (χ2v) is 11.3. The van der Waals surface area contributed by atoms with Crippen LogP contribution in [0.1, 0.15) is 59.8 Å². The zero-order valence-electron chi connectivity index (χ0n) is 20.2. The van der Waals surface area contributed by atoms with Crippen LogP contribution in [0.4, 0.5) is 21.9 Å². The molecular formula is C28H35N3O2. The predicted octanol–water partition coefficient (Wildman–Crippen LogP) is 8.28. The quantitative estimate of drug-likeness (QED) is 0.481. The van der Waals surface area contributed by atoms with Crippen LogP contribution in [0.5, 0.6) is 0 Å². The van der Waals surface area contributed by atoms with Crippen molar-refractivity contribution in [1.29, 1.82) is 0 Å². The summed E-state index contributed by atoms with van der Waals surface area (Å²) in [6.45, 7) is 9.42. The van der Waals surface area contributed by atoms with Crippen LogP contribution in [0.15, 0.2) is 64.8 Å². The highest BCUT2D eigenvalue weighted by Crippen LogP contribution is 2.73. The lowest BCUT2D eigenvalue weighted by atomic mass is 9.64. The van der Waals surface area contributed by atoms with Gasteiger partial charge in [-0.1, -0.05) is 39.0 Å². The number of fused-ring (bicyclic) bond motifs is 1. The van der Waals surface area contributed by atoms with E-state index in [4.69, 9.17) is 4.74 Å². The third kappa shape index (κ3) is 3.75. The molecule has 2 bridgehead atoms. The van der Waals surface area contributed by atoms with E-state index in [9.17, 15) is 4.79 Å². The number of anilines is 1. The highest BCUT2D eigenvalue weighted by Gasteiger charge is 2.68. The summed E-state index contributed by atoms with van der Waals surface area (Å²) in [5, 5.41) is 11.4. The molecule has 0 aromatic heterocycles. The number of nitrogens with one attached hydrogen (secondary N) is 1. The zero-order chi connectivity index (χ0) is 23.3. The lowest BCUT2D eigenvalue weighted by molar-refractivity contribution is -0.0752. The molecule has 0 aliphatic heterocycles.